The molecule has 0 aliphatic carbocycles. The summed E-state index contributed by atoms with van der Waals surface area (Å²) in [6.45, 7) is 4.65. The van der Waals surface area contributed by atoms with Gasteiger partial charge < -0.3 is 4.90 Å². The van der Waals surface area contributed by atoms with E-state index in [4.69, 9.17) is 0 Å². The number of nitrogens with zero attached hydrogens (tertiary/aromatic N) is 3. The van der Waals surface area contributed by atoms with E-state index in [0.29, 0.717) is 24.2 Å². The highest BCUT2D eigenvalue weighted by atomic mass is 16.2. The van der Waals surface area contributed by atoms with Gasteiger partial charge in [0.1, 0.15) is 6.54 Å². The van der Waals surface area contributed by atoms with Crippen LogP contribution >= 0.6 is 0 Å². The maximum absolute atomic E-state index is 12.8. The zero-order valence-corrected chi connectivity index (χ0v) is 14.9. The number of amides is 3. The normalized spacial score (nSPS) is 13.3. The fraction of sp³-hybridized carbons (Fsp3) is 0.300. The Balaban J connectivity index is 1.76. The van der Waals surface area contributed by atoms with E-state index >= 15 is 0 Å². The number of hydrogen-bond acceptors (Lipinski definition) is 4. The van der Waals surface area contributed by atoms with E-state index in [1.807, 2.05) is 32.0 Å². The van der Waals surface area contributed by atoms with Crippen LogP contribution in [0.3, 0.4) is 0 Å². The minimum atomic E-state index is -0.415. The van der Waals surface area contributed by atoms with E-state index in [1.165, 1.54) is 0 Å². The predicted molar refractivity (Wildman–Crippen MR) is 96.3 cm³/mol. The molecule has 1 aliphatic heterocycles. The standard InChI is InChI=1S/C20H21N3O3/c1-14(2)11-22(12-15-7-5-6-10-21-15)18(24)13-23-19(25)16-8-3-4-9-17(16)20(23)26/h3-10,14H,11-13H2,1-2H3. The van der Waals surface area contributed by atoms with Gasteiger partial charge in [-0.1, -0.05) is 32.0 Å². The lowest BCUT2D eigenvalue weighted by Gasteiger charge is -2.26. The fourth-order valence-electron chi connectivity index (χ4n) is 3.00. The van der Waals surface area contributed by atoms with Crippen molar-refractivity contribution in [3.63, 3.8) is 0 Å². The van der Waals surface area contributed by atoms with Crippen molar-refractivity contribution in [1.82, 2.24) is 14.8 Å². The molecule has 1 aromatic carbocycles. The zero-order valence-electron chi connectivity index (χ0n) is 14.9. The first-order chi connectivity index (χ1) is 12.5. The van der Waals surface area contributed by atoms with Crippen LogP contribution in [-0.2, 0) is 11.3 Å². The summed E-state index contributed by atoms with van der Waals surface area (Å²) in [6, 6.07) is 12.2. The lowest BCUT2D eigenvalue weighted by atomic mass is 10.1. The Kier molecular flexibility index (Phi) is 5.11. The van der Waals surface area contributed by atoms with Gasteiger partial charge in [-0.15, -0.1) is 0 Å². The number of pyridine rings is 1. The van der Waals surface area contributed by atoms with E-state index in [9.17, 15) is 14.4 Å². The number of fused-ring (bicyclic) bond motifs is 1. The molecule has 0 saturated heterocycles. The molecule has 6 heteroatoms. The second-order valence-corrected chi connectivity index (χ2v) is 6.73. The summed E-state index contributed by atoms with van der Waals surface area (Å²) in [5.41, 5.74) is 1.47. The SMILES string of the molecule is CC(C)CN(Cc1ccccn1)C(=O)CN1C(=O)c2ccccc2C1=O. The van der Waals surface area contributed by atoms with Gasteiger partial charge in [-0.2, -0.15) is 0 Å². The van der Waals surface area contributed by atoms with E-state index < -0.39 is 11.8 Å². The summed E-state index contributed by atoms with van der Waals surface area (Å²) in [7, 11) is 0. The van der Waals surface area contributed by atoms with E-state index in [-0.39, 0.29) is 18.4 Å². The third-order valence-corrected chi connectivity index (χ3v) is 4.19. The van der Waals surface area contributed by atoms with Gasteiger partial charge >= 0.3 is 0 Å². The topological polar surface area (TPSA) is 70.6 Å². The molecule has 0 fully saturated rings. The maximum Gasteiger partial charge on any atom is 0.262 e. The largest absolute Gasteiger partial charge is 0.335 e. The van der Waals surface area contributed by atoms with Crippen LogP contribution in [0.15, 0.2) is 48.7 Å². The highest BCUT2D eigenvalue weighted by Gasteiger charge is 2.37. The second kappa shape index (κ2) is 7.47. The summed E-state index contributed by atoms with van der Waals surface area (Å²) in [5, 5.41) is 0. The first kappa shape index (κ1) is 17.8. The Morgan fingerprint density at radius 1 is 1.04 bits per heavy atom. The van der Waals surface area contributed by atoms with Gasteiger partial charge in [0.2, 0.25) is 5.91 Å². The highest BCUT2D eigenvalue weighted by molar-refractivity contribution is 6.22. The quantitative estimate of drug-likeness (QED) is 0.749. The molecule has 134 valence electrons. The van der Waals surface area contributed by atoms with Gasteiger partial charge in [0.15, 0.2) is 0 Å². The molecular formula is C20H21N3O3. The molecule has 1 aliphatic rings. The van der Waals surface area contributed by atoms with Gasteiger partial charge in [-0.05, 0) is 30.2 Å². The lowest BCUT2D eigenvalue weighted by molar-refractivity contribution is -0.132. The molecule has 1 aromatic heterocycles. The predicted octanol–water partition coefficient (Wildman–Crippen LogP) is 2.36. The zero-order chi connectivity index (χ0) is 18.7. The van der Waals surface area contributed by atoms with Crippen molar-refractivity contribution >= 4 is 17.7 Å². The monoisotopic (exact) mass is 351 g/mol. The molecule has 0 bridgehead atoms. The molecule has 6 nitrogen and oxygen atoms in total. The molecule has 3 rings (SSSR count). The number of carbonyl (C=O) groups is 3. The third kappa shape index (κ3) is 3.64. The lowest BCUT2D eigenvalue weighted by Crippen LogP contribution is -2.43. The van der Waals surface area contributed by atoms with Gasteiger partial charge in [0.05, 0.1) is 23.4 Å². The first-order valence-corrected chi connectivity index (χ1v) is 8.60. The molecule has 3 amide bonds. The van der Waals surface area contributed by atoms with Crippen molar-refractivity contribution in [2.75, 3.05) is 13.1 Å². The van der Waals surface area contributed by atoms with Crippen LogP contribution in [0.25, 0.3) is 0 Å². The first-order valence-electron chi connectivity index (χ1n) is 8.60. The molecule has 0 radical (unpaired) electrons. The average molecular weight is 351 g/mol. The van der Waals surface area contributed by atoms with Gasteiger partial charge in [-0.3, -0.25) is 24.3 Å². The Bertz CT molecular complexity index is 798. The molecule has 0 saturated carbocycles. The molecule has 0 spiro atoms. The molecule has 0 unspecified atom stereocenters. The van der Waals surface area contributed by atoms with Crippen molar-refractivity contribution in [1.29, 1.82) is 0 Å². The van der Waals surface area contributed by atoms with Crippen molar-refractivity contribution in [2.24, 2.45) is 5.92 Å². The van der Waals surface area contributed by atoms with Crippen molar-refractivity contribution < 1.29 is 14.4 Å². The highest BCUT2D eigenvalue weighted by Crippen LogP contribution is 2.22. The second-order valence-electron chi connectivity index (χ2n) is 6.73. The average Bonchev–Trinajstić information content (AvgIpc) is 2.87. The van der Waals surface area contributed by atoms with Crippen LogP contribution in [0.4, 0.5) is 0 Å². The Labute approximate surface area is 152 Å². The number of aromatic nitrogens is 1. The summed E-state index contributed by atoms with van der Waals surface area (Å²) < 4.78 is 0. The summed E-state index contributed by atoms with van der Waals surface area (Å²) in [5.74, 6) is -0.841. The number of carbonyl (C=O) groups excluding carboxylic acids is 3. The van der Waals surface area contributed by atoms with Crippen LogP contribution < -0.4 is 0 Å². The third-order valence-electron chi connectivity index (χ3n) is 4.19. The number of rotatable bonds is 6. The van der Waals surface area contributed by atoms with Crippen LogP contribution in [0.2, 0.25) is 0 Å². The van der Waals surface area contributed by atoms with Crippen molar-refractivity contribution in [3.8, 4) is 0 Å². The van der Waals surface area contributed by atoms with Crippen LogP contribution in [0.1, 0.15) is 40.3 Å². The van der Waals surface area contributed by atoms with Crippen LogP contribution in [0.5, 0.6) is 0 Å². The molecule has 2 aromatic rings. The van der Waals surface area contributed by atoms with E-state index in [2.05, 4.69) is 4.98 Å². The van der Waals surface area contributed by atoms with Crippen molar-refractivity contribution in [2.45, 2.75) is 20.4 Å². The fourth-order valence-corrected chi connectivity index (χ4v) is 3.00. The number of hydrogen-bond donors (Lipinski definition) is 0. The smallest absolute Gasteiger partial charge is 0.262 e. The molecule has 26 heavy (non-hydrogen) atoms. The minimum absolute atomic E-state index is 0.254. The molecule has 0 N–H and O–H groups in total. The minimum Gasteiger partial charge on any atom is -0.335 e. The van der Waals surface area contributed by atoms with E-state index in [0.717, 1.165) is 10.6 Å². The van der Waals surface area contributed by atoms with E-state index in [1.54, 1.807) is 35.4 Å². The molecule has 0 atom stereocenters. The number of imide groups is 1. The van der Waals surface area contributed by atoms with Crippen LogP contribution in [-0.4, -0.2) is 45.6 Å². The summed E-state index contributed by atoms with van der Waals surface area (Å²) in [4.78, 5) is 44.7. The maximum atomic E-state index is 12.8. The van der Waals surface area contributed by atoms with Gasteiger partial charge in [0, 0.05) is 12.7 Å². The molecular weight excluding hydrogens is 330 g/mol. The Hall–Kier alpha value is -3.02. The molecule has 2 heterocycles. The summed E-state index contributed by atoms with van der Waals surface area (Å²) >= 11 is 0. The summed E-state index contributed by atoms with van der Waals surface area (Å²) in [6.07, 6.45) is 1.68. The van der Waals surface area contributed by atoms with Gasteiger partial charge in [0.25, 0.3) is 11.8 Å². The van der Waals surface area contributed by atoms with Gasteiger partial charge in [-0.25, -0.2) is 0 Å². The van der Waals surface area contributed by atoms with Crippen molar-refractivity contribution in [3.05, 3.63) is 65.5 Å². The Morgan fingerprint density at radius 2 is 1.65 bits per heavy atom. The Morgan fingerprint density at radius 3 is 2.19 bits per heavy atom. The number of benzene rings is 1. The van der Waals surface area contributed by atoms with Crippen LogP contribution in [0, 0.1) is 5.92 Å².